The summed E-state index contributed by atoms with van der Waals surface area (Å²) in [5.41, 5.74) is 0. The fraction of sp³-hybridized carbons (Fsp3) is 0.875. The lowest BCUT2D eigenvalue weighted by Crippen LogP contribution is -2.28. The number of aliphatic carboxylic acids is 1. The maximum absolute atomic E-state index is 11.2. The number of hydrogen-bond donors (Lipinski definition) is 1. The van der Waals surface area contributed by atoms with Crippen LogP contribution in [0.2, 0.25) is 0 Å². The van der Waals surface area contributed by atoms with E-state index in [0.717, 1.165) is 12.8 Å². The molecule has 20 heavy (non-hydrogen) atoms. The molecule has 0 aromatic rings. The highest BCUT2D eigenvalue weighted by atomic mass is 16.4. The minimum Gasteiger partial charge on any atom is -0.550 e. The third-order valence-corrected chi connectivity index (χ3v) is 3.41. The van der Waals surface area contributed by atoms with Crippen LogP contribution in [0.5, 0.6) is 0 Å². The Balaban J connectivity index is 3.12. The Morgan fingerprint density at radius 2 is 1.30 bits per heavy atom. The van der Waals surface area contributed by atoms with Gasteiger partial charge in [-0.25, -0.2) is 0 Å². The van der Waals surface area contributed by atoms with E-state index < -0.39 is 5.97 Å². The Morgan fingerprint density at radius 1 is 0.800 bits per heavy atom. The van der Waals surface area contributed by atoms with Crippen LogP contribution in [0.4, 0.5) is 0 Å². The molecule has 118 valence electrons. The third-order valence-electron chi connectivity index (χ3n) is 3.41. The zero-order chi connectivity index (χ0) is 15.1. The Labute approximate surface area is 123 Å². The quantitative estimate of drug-likeness (QED) is 0.498. The van der Waals surface area contributed by atoms with E-state index in [0.29, 0.717) is 6.54 Å². The standard InChI is InChI=1S/C16H31NO3/c1-2-3-4-5-6-7-8-9-10-11-14-17-15(18)12-13-16(19)20/h2-14H2,1H3,(H,17,18)(H,19,20)/p-1. The van der Waals surface area contributed by atoms with Gasteiger partial charge in [0.05, 0.1) is 0 Å². The third kappa shape index (κ3) is 15.0. The molecule has 0 aliphatic rings. The van der Waals surface area contributed by atoms with E-state index in [1.165, 1.54) is 51.4 Å². The molecule has 0 bridgehead atoms. The van der Waals surface area contributed by atoms with E-state index in [1.54, 1.807) is 0 Å². The lowest BCUT2D eigenvalue weighted by atomic mass is 10.1. The molecule has 4 nitrogen and oxygen atoms in total. The number of carbonyl (C=O) groups excluding carboxylic acids is 2. The average molecular weight is 284 g/mol. The van der Waals surface area contributed by atoms with Crippen LogP contribution in [0.15, 0.2) is 0 Å². The van der Waals surface area contributed by atoms with Gasteiger partial charge < -0.3 is 15.2 Å². The molecule has 0 aromatic heterocycles. The second-order valence-corrected chi connectivity index (χ2v) is 5.40. The van der Waals surface area contributed by atoms with Crippen molar-refractivity contribution in [1.82, 2.24) is 5.32 Å². The van der Waals surface area contributed by atoms with E-state index in [9.17, 15) is 14.7 Å². The summed E-state index contributed by atoms with van der Waals surface area (Å²) >= 11 is 0. The molecule has 0 rings (SSSR count). The van der Waals surface area contributed by atoms with Crippen molar-refractivity contribution in [2.75, 3.05) is 6.54 Å². The first-order valence-corrected chi connectivity index (χ1v) is 8.13. The predicted octanol–water partition coefficient (Wildman–Crippen LogP) is 2.55. The van der Waals surface area contributed by atoms with Gasteiger partial charge in [0.15, 0.2) is 0 Å². The van der Waals surface area contributed by atoms with E-state index in [-0.39, 0.29) is 18.7 Å². The van der Waals surface area contributed by atoms with Crippen LogP contribution in [-0.2, 0) is 9.59 Å². The molecule has 0 atom stereocenters. The van der Waals surface area contributed by atoms with Crippen molar-refractivity contribution in [3.8, 4) is 0 Å². The van der Waals surface area contributed by atoms with Crippen molar-refractivity contribution in [3.63, 3.8) is 0 Å². The summed E-state index contributed by atoms with van der Waals surface area (Å²) in [6, 6.07) is 0. The molecule has 0 saturated heterocycles. The molecule has 0 aliphatic carbocycles. The van der Waals surface area contributed by atoms with Crippen LogP contribution in [0.1, 0.15) is 84.0 Å². The highest BCUT2D eigenvalue weighted by Crippen LogP contribution is 2.10. The normalized spacial score (nSPS) is 10.4. The van der Waals surface area contributed by atoms with E-state index in [1.807, 2.05) is 0 Å². The number of nitrogens with one attached hydrogen (secondary N) is 1. The summed E-state index contributed by atoms with van der Waals surface area (Å²) in [6.07, 6.45) is 12.5. The number of amides is 1. The molecule has 0 spiro atoms. The number of carbonyl (C=O) groups is 2. The van der Waals surface area contributed by atoms with Crippen LogP contribution in [0, 0.1) is 0 Å². The fourth-order valence-electron chi connectivity index (χ4n) is 2.14. The summed E-state index contributed by atoms with van der Waals surface area (Å²) in [4.78, 5) is 21.4. The maximum atomic E-state index is 11.2. The summed E-state index contributed by atoms with van der Waals surface area (Å²) in [5.74, 6) is -1.36. The highest BCUT2D eigenvalue weighted by molar-refractivity contribution is 5.79. The number of hydrogen-bond acceptors (Lipinski definition) is 3. The smallest absolute Gasteiger partial charge is 0.220 e. The van der Waals surface area contributed by atoms with Crippen molar-refractivity contribution < 1.29 is 14.7 Å². The summed E-state index contributed by atoms with van der Waals surface area (Å²) < 4.78 is 0. The zero-order valence-corrected chi connectivity index (χ0v) is 12.9. The second-order valence-electron chi connectivity index (χ2n) is 5.40. The predicted molar refractivity (Wildman–Crippen MR) is 79.1 cm³/mol. The van der Waals surface area contributed by atoms with Crippen LogP contribution < -0.4 is 10.4 Å². The Morgan fingerprint density at radius 3 is 1.80 bits per heavy atom. The SMILES string of the molecule is CCCCCCCCCCCCNC(=O)CCC(=O)[O-]. The van der Waals surface area contributed by atoms with Gasteiger partial charge in [0.2, 0.25) is 5.91 Å². The van der Waals surface area contributed by atoms with Gasteiger partial charge in [-0.15, -0.1) is 0 Å². The number of carboxylic acid groups (broad SMARTS) is 1. The number of carboxylic acids is 1. The van der Waals surface area contributed by atoms with Gasteiger partial charge in [0.25, 0.3) is 0 Å². The molecule has 0 aromatic carbocycles. The lowest BCUT2D eigenvalue weighted by molar-refractivity contribution is -0.305. The first-order chi connectivity index (χ1) is 9.66. The maximum Gasteiger partial charge on any atom is 0.220 e. The summed E-state index contributed by atoms with van der Waals surface area (Å²) in [7, 11) is 0. The van der Waals surface area contributed by atoms with Crippen LogP contribution in [0.3, 0.4) is 0 Å². The first kappa shape index (κ1) is 18.9. The van der Waals surface area contributed by atoms with Gasteiger partial charge in [-0.1, -0.05) is 64.7 Å². The van der Waals surface area contributed by atoms with Crippen LogP contribution in [-0.4, -0.2) is 18.4 Å². The van der Waals surface area contributed by atoms with Gasteiger partial charge >= 0.3 is 0 Å². The number of unbranched alkanes of at least 4 members (excludes halogenated alkanes) is 9. The fourth-order valence-corrected chi connectivity index (χ4v) is 2.14. The molecule has 0 fully saturated rings. The van der Waals surface area contributed by atoms with E-state index in [2.05, 4.69) is 12.2 Å². The van der Waals surface area contributed by atoms with Crippen molar-refractivity contribution >= 4 is 11.9 Å². The zero-order valence-electron chi connectivity index (χ0n) is 12.9. The number of rotatable bonds is 14. The molecular formula is C16H30NO3-. The molecule has 0 saturated carbocycles. The highest BCUT2D eigenvalue weighted by Gasteiger charge is 2.00. The molecule has 1 N–H and O–H groups in total. The largest absolute Gasteiger partial charge is 0.550 e. The van der Waals surface area contributed by atoms with Gasteiger partial charge in [-0.2, -0.15) is 0 Å². The van der Waals surface area contributed by atoms with Gasteiger partial charge in [-0.05, 0) is 12.8 Å². The van der Waals surface area contributed by atoms with Crippen molar-refractivity contribution in [3.05, 3.63) is 0 Å². The molecular weight excluding hydrogens is 254 g/mol. The van der Waals surface area contributed by atoms with Gasteiger partial charge in [0, 0.05) is 18.9 Å². The van der Waals surface area contributed by atoms with E-state index >= 15 is 0 Å². The van der Waals surface area contributed by atoms with Crippen molar-refractivity contribution in [2.24, 2.45) is 0 Å². The molecule has 4 heteroatoms. The Kier molecular flexibility index (Phi) is 13.6. The van der Waals surface area contributed by atoms with E-state index in [4.69, 9.17) is 0 Å². The van der Waals surface area contributed by atoms with Crippen molar-refractivity contribution in [1.29, 1.82) is 0 Å². The van der Waals surface area contributed by atoms with Crippen LogP contribution in [0.25, 0.3) is 0 Å². The average Bonchev–Trinajstić information content (AvgIpc) is 2.42. The van der Waals surface area contributed by atoms with Gasteiger partial charge in [-0.3, -0.25) is 4.79 Å². The summed E-state index contributed by atoms with van der Waals surface area (Å²) in [6.45, 7) is 2.89. The Bertz CT molecular complexity index is 254. The molecule has 0 aliphatic heterocycles. The van der Waals surface area contributed by atoms with Gasteiger partial charge in [0.1, 0.15) is 0 Å². The molecule has 1 amide bonds. The molecule has 0 heterocycles. The minimum atomic E-state index is -1.17. The van der Waals surface area contributed by atoms with Crippen LogP contribution >= 0.6 is 0 Å². The topological polar surface area (TPSA) is 69.2 Å². The molecule has 0 unspecified atom stereocenters. The lowest BCUT2D eigenvalue weighted by Gasteiger charge is -2.06. The molecule has 0 radical (unpaired) electrons. The first-order valence-electron chi connectivity index (χ1n) is 8.13. The van der Waals surface area contributed by atoms with Crippen molar-refractivity contribution in [2.45, 2.75) is 84.0 Å². The minimum absolute atomic E-state index is 0.0279. The monoisotopic (exact) mass is 284 g/mol. The summed E-state index contributed by atoms with van der Waals surface area (Å²) in [5, 5.41) is 12.9. The Hall–Kier alpha value is -1.06. The second kappa shape index (κ2) is 14.4.